The van der Waals surface area contributed by atoms with E-state index in [2.05, 4.69) is 5.32 Å². The minimum absolute atomic E-state index is 0.0530. The minimum Gasteiger partial charge on any atom is -0.496 e. The highest BCUT2D eigenvalue weighted by molar-refractivity contribution is 5.36. The number of nitrogens with one attached hydrogen (secondary N) is 1. The average Bonchev–Trinajstić information content (AvgIpc) is 2.29. The molecule has 1 atom stereocenters. The zero-order chi connectivity index (χ0) is 12.0. The van der Waals surface area contributed by atoms with Gasteiger partial charge in [0.05, 0.1) is 7.11 Å². The van der Waals surface area contributed by atoms with Crippen LogP contribution < -0.4 is 15.8 Å². The standard InChI is InChI=1S/C12H19FN2O/c1-9(15-7-3-6-14)11-8-10(13)4-5-12(11)16-2/h4-5,8-9,15H,3,6-7,14H2,1-2H3. The largest absolute Gasteiger partial charge is 0.496 e. The Bertz CT molecular complexity index is 331. The summed E-state index contributed by atoms with van der Waals surface area (Å²) >= 11 is 0. The molecule has 0 radical (unpaired) electrons. The zero-order valence-electron chi connectivity index (χ0n) is 9.79. The van der Waals surface area contributed by atoms with Crippen molar-refractivity contribution in [2.45, 2.75) is 19.4 Å². The summed E-state index contributed by atoms with van der Waals surface area (Å²) in [5.41, 5.74) is 6.24. The van der Waals surface area contributed by atoms with Crippen molar-refractivity contribution in [1.82, 2.24) is 5.32 Å². The predicted molar refractivity (Wildman–Crippen MR) is 63.0 cm³/mol. The van der Waals surface area contributed by atoms with Crippen molar-refractivity contribution in [3.63, 3.8) is 0 Å². The van der Waals surface area contributed by atoms with Gasteiger partial charge in [0, 0.05) is 11.6 Å². The molecule has 0 amide bonds. The first-order chi connectivity index (χ1) is 7.69. The summed E-state index contributed by atoms with van der Waals surface area (Å²) < 4.78 is 18.3. The molecular weight excluding hydrogens is 207 g/mol. The smallest absolute Gasteiger partial charge is 0.123 e. The van der Waals surface area contributed by atoms with E-state index in [0.717, 1.165) is 18.5 Å². The van der Waals surface area contributed by atoms with Crippen LogP contribution in [0.4, 0.5) is 4.39 Å². The van der Waals surface area contributed by atoms with Gasteiger partial charge in [-0.3, -0.25) is 0 Å². The Kier molecular flexibility index (Phi) is 5.22. The average molecular weight is 226 g/mol. The lowest BCUT2D eigenvalue weighted by molar-refractivity contribution is 0.400. The lowest BCUT2D eigenvalue weighted by Gasteiger charge is -2.17. The Morgan fingerprint density at radius 3 is 2.88 bits per heavy atom. The van der Waals surface area contributed by atoms with Gasteiger partial charge in [-0.15, -0.1) is 0 Å². The SMILES string of the molecule is COc1ccc(F)cc1C(C)NCCCN. The summed E-state index contributed by atoms with van der Waals surface area (Å²) in [6.45, 7) is 3.45. The molecule has 0 saturated carbocycles. The van der Waals surface area contributed by atoms with E-state index in [1.165, 1.54) is 12.1 Å². The van der Waals surface area contributed by atoms with Crippen LogP contribution in [0.1, 0.15) is 24.9 Å². The van der Waals surface area contributed by atoms with Gasteiger partial charge in [0.15, 0.2) is 0 Å². The number of hydrogen-bond acceptors (Lipinski definition) is 3. The first kappa shape index (κ1) is 12.9. The molecule has 1 rings (SSSR count). The van der Waals surface area contributed by atoms with Crippen molar-refractivity contribution in [1.29, 1.82) is 0 Å². The lowest BCUT2D eigenvalue weighted by atomic mass is 10.1. The number of rotatable bonds is 6. The molecule has 0 bridgehead atoms. The summed E-state index contributed by atoms with van der Waals surface area (Å²) in [5, 5.41) is 3.28. The Hall–Kier alpha value is -1.13. The van der Waals surface area contributed by atoms with Gasteiger partial charge in [0.1, 0.15) is 11.6 Å². The Morgan fingerprint density at radius 2 is 2.25 bits per heavy atom. The third-order valence-electron chi connectivity index (χ3n) is 2.49. The van der Waals surface area contributed by atoms with Crippen LogP contribution in [-0.4, -0.2) is 20.2 Å². The van der Waals surface area contributed by atoms with Gasteiger partial charge in [-0.2, -0.15) is 0 Å². The minimum atomic E-state index is -0.247. The van der Waals surface area contributed by atoms with Crippen LogP contribution in [0.5, 0.6) is 5.75 Å². The molecule has 1 aromatic rings. The van der Waals surface area contributed by atoms with E-state index < -0.39 is 0 Å². The van der Waals surface area contributed by atoms with Crippen LogP contribution in [0.2, 0.25) is 0 Å². The van der Waals surface area contributed by atoms with Crippen molar-refractivity contribution >= 4 is 0 Å². The number of ether oxygens (including phenoxy) is 1. The number of methoxy groups -OCH3 is 1. The molecule has 3 nitrogen and oxygen atoms in total. The van der Waals surface area contributed by atoms with Gasteiger partial charge in [-0.1, -0.05) is 0 Å². The van der Waals surface area contributed by atoms with E-state index in [0.29, 0.717) is 12.3 Å². The second-order valence-corrected chi connectivity index (χ2v) is 3.70. The Balaban J connectivity index is 2.72. The molecule has 16 heavy (non-hydrogen) atoms. The van der Waals surface area contributed by atoms with Crippen LogP contribution >= 0.6 is 0 Å². The molecule has 3 N–H and O–H groups in total. The molecule has 0 fully saturated rings. The van der Waals surface area contributed by atoms with Gasteiger partial charge in [-0.25, -0.2) is 4.39 Å². The van der Waals surface area contributed by atoms with Gasteiger partial charge in [0.2, 0.25) is 0 Å². The molecule has 0 aliphatic rings. The quantitative estimate of drug-likeness (QED) is 0.727. The van der Waals surface area contributed by atoms with Crippen molar-refractivity contribution in [2.75, 3.05) is 20.2 Å². The van der Waals surface area contributed by atoms with Crippen LogP contribution in [0.25, 0.3) is 0 Å². The molecule has 4 heteroatoms. The molecule has 0 saturated heterocycles. The molecule has 1 unspecified atom stereocenters. The number of nitrogens with two attached hydrogens (primary N) is 1. The van der Waals surface area contributed by atoms with Gasteiger partial charge < -0.3 is 15.8 Å². The van der Waals surface area contributed by atoms with E-state index in [1.54, 1.807) is 13.2 Å². The number of benzene rings is 1. The van der Waals surface area contributed by atoms with Gasteiger partial charge >= 0.3 is 0 Å². The fourth-order valence-electron chi connectivity index (χ4n) is 1.57. The molecule has 0 heterocycles. The topological polar surface area (TPSA) is 47.3 Å². The third-order valence-corrected chi connectivity index (χ3v) is 2.49. The van der Waals surface area contributed by atoms with E-state index in [4.69, 9.17) is 10.5 Å². The van der Waals surface area contributed by atoms with Gasteiger partial charge in [-0.05, 0) is 44.6 Å². The van der Waals surface area contributed by atoms with Crippen molar-refractivity contribution in [3.8, 4) is 5.75 Å². The molecule has 0 aliphatic heterocycles. The van der Waals surface area contributed by atoms with E-state index >= 15 is 0 Å². The Morgan fingerprint density at radius 1 is 1.50 bits per heavy atom. The fourth-order valence-corrected chi connectivity index (χ4v) is 1.57. The monoisotopic (exact) mass is 226 g/mol. The maximum Gasteiger partial charge on any atom is 0.123 e. The lowest BCUT2D eigenvalue weighted by Crippen LogP contribution is -2.22. The van der Waals surface area contributed by atoms with Crippen LogP contribution in [0.3, 0.4) is 0 Å². The Labute approximate surface area is 95.8 Å². The van der Waals surface area contributed by atoms with E-state index in [-0.39, 0.29) is 11.9 Å². The molecule has 0 aliphatic carbocycles. The number of halogens is 1. The second-order valence-electron chi connectivity index (χ2n) is 3.70. The molecule has 0 spiro atoms. The molecule has 90 valence electrons. The molecule has 0 aromatic heterocycles. The second kappa shape index (κ2) is 6.45. The first-order valence-electron chi connectivity index (χ1n) is 5.46. The van der Waals surface area contributed by atoms with Crippen LogP contribution in [-0.2, 0) is 0 Å². The van der Waals surface area contributed by atoms with Gasteiger partial charge in [0.25, 0.3) is 0 Å². The number of hydrogen-bond donors (Lipinski definition) is 2. The molecule has 1 aromatic carbocycles. The predicted octanol–water partition coefficient (Wildman–Crippen LogP) is 1.83. The summed E-state index contributed by atoms with van der Waals surface area (Å²) in [7, 11) is 1.59. The van der Waals surface area contributed by atoms with Crippen molar-refractivity contribution in [2.24, 2.45) is 5.73 Å². The summed E-state index contributed by atoms with van der Waals surface area (Å²) in [6, 6.07) is 4.59. The summed E-state index contributed by atoms with van der Waals surface area (Å²) in [5.74, 6) is 0.456. The highest BCUT2D eigenvalue weighted by atomic mass is 19.1. The normalized spacial score (nSPS) is 12.5. The maximum absolute atomic E-state index is 13.1. The van der Waals surface area contributed by atoms with Crippen molar-refractivity contribution < 1.29 is 9.13 Å². The summed E-state index contributed by atoms with van der Waals surface area (Å²) in [6.07, 6.45) is 0.905. The van der Waals surface area contributed by atoms with Crippen LogP contribution in [0, 0.1) is 5.82 Å². The molecular formula is C12H19FN2O. The van der Waals surface area contributed by atoms with Crippen molar-refractivity contribution in [3.05, 3.63) is 29.6 Å². The highest BCUT2D eigenvalue weighted by Gasteiger charge is 2.11. The highest BCUT2D eigenvalue weighted by Crippen LogP contribution is 2.25. The fraction of sp³-hybridized carbons (Fsp3) is 0.500. The van der Waals surface area contributed by atoms with Crippen LogP contribution in [0.15, 0.2) is 18.2 Å². The maximum atomic E-state index is 13.1. The summed E-state index contributed by atoms with van der Waals surface area (Å²) in [4.78, 5) is 0. The van der Waals surface area contributed by atoms with E-state index in [9.17, 15) is 4.39 Å². The zero-order valence-corrected chi connectivity index (χ0v) is 9.79. The first-order valence-corrected chi connectivity index (χ1v) is 5.46. The van der Waals surface area contributed by atoms with E-state index in [1.807, 2.05) is 6.92 Å². The third kappa shape index (κ3) is 3.47.